The summed E-state index contributed by atoms with van der Waals surface area (Å²) >= 11 is 0. The van der Waals surface area contributed by atoms with E-state index in [9.17, 15) is 5.11 Å². The molecule has 1 aromatic heterocycles. The Bertz CT molecular complexity index is 652. The molecule has 0 bridgehead atoms. The Morgan fingerprint density at radius 2 is 2.06 bits per heavy atom. The average Bonchev–Trinajstić information content (AvgIpc) is 2.59. The summed E-state index contributed by atoms with van der Waals surface area (Å²) in [4.78, 5) is 0. The fourth-order valence-corrected chi connectivity index (χ4v) is 3.68. The molecule has 0 saturated carbocycles. The third-order valence-electron chi connectivity index (χ3n) is 4.44. The van der Waals surface area contributed by atoms with Gasteiger partial charge in [-0.15, -0.1) is 0 Å². The summed E-state index contributed by atoms with van der Waals surface area (Å²) in [5, 5.41) is 12.3. The number of fused-ring (bicyclic) bond motifs is 3. The van der Waals surface area contributed by atoms with E-state index in [2.05, 4.69) is 41.0 Å². The van der Waals surface area contributed by atoms with Crippen LogP contribution < -0.4 is 0 Å². The van der Waals surface area contributed by atoms with Crippen molar-refractivity contribution in [2.24, 2.45) is 0 Å². The Morgan fingerprint density at radius 3 is 3.00 bits per heavy atom. The zero-order valence-corrected chi connectivity index (χ0v) is 10.4. The van der Waals surface area contributed by atoms with Crippen molar-refractivity contribution in [2.75, 3.05) is 0 Å². The SMILES string of the molecule is OC12CC=CCn3c1c(c1ccccc13)CCC2. The van der Waals surface area contributed by atoms with Crippen LogP contribution in [0.15, 0.2) is 36.4 Å². The molecule has 0 amide bonds. The highest BCUT2D eigenvalue weighted by molar-refractivity contribution is 5.86. The molecular weight excluding hydrogens is 222 g/mol. The smallest absolute Gasteiger partial charge is 0.108 e. The van der Waals surface area contributed by atoms with Gasteiger partial charge in [0.05, 0.1) is 5.69 Å². The van der Waals surface area contributed by atoms with Crippen molar-refractivity contribution in [1.82, 2.24) is 4.57 Å². The number of benzene rings is 1. The molecule has 1 aromatic carbocycles. The second-order valence-corrected chi connectivity index (χ2v) is 5.52. The molecule has 0 saturated heterocycles. The van der Waals surface area contributed by atoms with Crippen LogP contribution in [0.2, 0.25) is 0 Å². The first kappa shape index (κ1) is 10.4. The molecule has 2 aromatic rings. The van der Waals surface area contributed by atoms with E-state index in [4.69, 9.17) is 0 Å². The van der Waals surface area contributed by atoms with Crippen LogP contribution in [0.3, 0.4) is 0 Å². The summed E-state index contributed by atoms with van der Waals surface area (Å²) < 4.78 is 2.31. The molecule has 2 heteroatoms. The number of hydrogen-bond acceptors (Lipinski definition) is 1. The topological polar surface area (TPSA) is 25.2 Å². The van der Waals surface area contributed by atoms with Gasteiger partial charge < -0.3 is 9.67 Å². The van der Waals surface area contributed by atoms with Crippen LogP contribution in [-0.4, -0.2) is 9.67 Å². The molecule has 1 aliphatic carbocycles. The highest BCUT2D eigenvalue weighted by Crippen LogP contribution is 2.44. The molecule has 0 spiro atoms. The van der Waals surface area contributed by atoms with Crippen molar-refractivity contribution >= 4 is 10.9 Å². The van der Waals surface area contributed by atoms with E-state index in [0.717, 1.165) is 32.2 Å². The minimum Gasteiger partial charge on any atom is -0.383 e. The minimum atomic E-state index is -0.639. The van der Waals surface area contributed by atoms with Gasteiger partial charge in [-0.25, -0.2) is 0 Å². The van der Waals surface area contributed by atoms with Gasteiger partial charge in [0.15, 0.2) is 0 Å². The van der Waals surface area contributed by atoms with E-state index >= 15 is 0 Å². The molecule has 1 aliphatic heterocycles. The van der Waals surface area contributed by atoms with Crippen LogP contribution in [0.4, 0.5) is 0 Å². The van der Waals surface area contributed by atoms with Gasteiger partial charge in [0.1, 0.15) is 5.60 Å². The molecule has 2 aliphatic rings. The van der Waals surface area contributed by atoms with Gasteiger partial charge in [-0.1, -0.05) is 30.4 Å². The maximum Gasteiger partial charge on any atom is 0.108 e. The van der Waals surface area contributed by atoms with Crippen LogP contribution in [-0.2, 0) is 18.6 Å². The third kappa shape index (κ3) is 1.21. The van der Waals surface area contributed by atoms with Gasteiger partial charge in [-0.05, 0) is 37.3 Å². The molecule has 1 N–H and O–H groups in total. The second-order valence-electron chi connectivity index (χ2n) is 5.52. The normalized spacial score (nSPS) is 26.1. The largest absolute Gasteiger partial charge is 0.383 e. The van der Waals surface area contributed by atoms with Gasteiger partial charge in [0.25, 0.3) is 0 Å². The van der Waals surface area contributed by atoms with E-state index in [1.807, 2.05) is 0 Å². The zero-order chi connectivity index (χ0) is 12.2. The molecule has 1 unspecified atom stereocenters. The van der Waals surface area contributed by atoms with Gasteiger partial charge in [0, 0.05) is 17.4 Å². The van der Waals surface area contributed by atoms with Crippen LogP contribution in [0.5, 0.6) is 0 Å². The van der Waals surface area contributed by atoms with Crippen LogP contribution in [0, 0.1) is 0 Å². The molecule has 2 heterocycles. The van der Waals surface area contributed by atoms with Crippen molar-refractivity contribution < 1.29 is 5.11 Å². The van der Waals surface area contributed by atoms with E-state index in [1.54, 1.807) is 0 Å². The molecule has 0 fully saturated rings. The Labute approximate surface area is 107 Å². The number of aliphatic hydroxyl groups is 1. The third-order valence-corrected chi connectivity index (χ3v) is 4.44. The molecule has 4 rings (SSSR count). The van der Waals surface area contributed by atoms with E-state index in [1.165, 1.54) is 22.2 Å². The fraction of sp³-hybridized carbons (Fsp3) is 0.375. The lowest BCUT2D eigenvalue weighted by Crippen LogP contribution is -2.31. The summed E-state index contributed by atoms with van der Waals surface area (Å²) in [5.41, 5.74) is 3.19. The van der Waals surface area contributed by atoms with Gasteiger partial charge in [-0.2, -0.15) is 0 Å². The first-order valence-corrected chi connectivity index (χ1v) is 6.77. The Balaban J connectivity index is 2.15. The predicted molar refractivity (Wildman–Crippen MR) is 72.5 cm³/mol. The Kier molecular flexibility index (Phi) is 2.01. The fourth-order valence-electron chi connectivity index (χ4n) is 3.68. The lowest BCUT2D eigenvalue weighted by Gasteiger charge is -2.32. The minimum absolute atomic E-state index is 0.639. The van der Waals surface area contributed by atoms with Crippen LogP contribution in [0.25, 0.3) is 10.9 Å². The number of rotatable bonds is 0. The Morgan fingerprint density at radius 1 is 1.17 bits per heavy atom. The molecule has 92 valence electrons. The first-order valence-electron chi connectivity index (χ1n) is 6.77. The maximum absolute atomic E-state index is 11.0. The van der Waals surface area contributed by atoms with Crippen LogP contribution >= 0.6 is 0 Å². The standard InChI is InChI=1S/C16H17NO/c18-16-9-3-4-11-17-14-8-2-1-6-12(14)13(15(16)17)7-5-10-16/h1-4,6,8,18H,5,7,9-11H2. The number of allylic oxidation sites excluding steroid dienone is 1. The summed E-state index contributed by atoms with van der Waals surface area (Å²) in [5.74, 6) is 0. The molecule has 2 nitrogen and oxygen atoms in total. The van der Waals surface area contributed by atoms with Crippen molar-refractivity contribution in [1.29, 1.82) is 0 Å². The number of hydrogen-bond donors (Lipinski definition) is 1. The van der Waals surface area contributed by atoms with Gasteiger partial charge in [-0.3, -0.25) is 0 Å². The highest BCUT2D eigenvalue weighted by atomic mass is 16.3. The van der Waals surface area contributed by atoms with Crippen molar-refractivity contribution in [3.63, 3.8) is 0 Å². The van der Waals surface area contributed by atoms with E-state index in [-0.39, 0.29) is 0 Å². The summed E-state index contributed by atoms with van der Waals surface area (Å²) in [6.07, 6.45) is 8.16. The summed E-state index contributed by atoms with van der Waals surface area (Å²) in [6, 6.07) is 8.56. The second kappa shape index (κ2) is 3.48. The number of para-hydroxylation sites is 1. The van der Waals surface area contributed by atoms with Crippen molar-refractivity contribution in [3.8, 4) is 0 Å². The van der Waals surface area contributed by atoms with Gasteiger partial charge in [0.2, 0.25) is 0 Å². The zero-order valence-electron chi connectivity index (χ0n) is 10.4. The average molecular weight is 239 g/mol. The van der Waals surface area contributed by atoms with E-state index < -0.39 is 5.60 Å². The van der Waals surface area contributed by atoms with E-state index in [0.29, 0.717) is 0 Å². The maximum atomic E-state index is 11.0. The predicted octanol–water partition coefficient (Wildman–Crippen LogP) is 3.13. The molecule has 1 atom stereocenters. The molecule has 18 heavy (non-hydrogen) atoms. The number of aryl methyl sites for hydroxylation is 1. The number of aromatic nitrogens is 1. The van der Waals surface area contributed by atoms with Crippen LogP contribution in [0.1, 0.15) is 30.5 Å². The first-order chi connectivity index (χ1) is 8.80. The summed E-state index contributed by atoms with van der Waals surface area (Å²) in [6.45, 7) is 0.887. The number of nitrogens with zero attached hydrogens (tertiary/aromatic N) is 1. The van der Waals surface area contributed by atoms with Crippen molar-refractivity contribution in [2.45, 2.75) is 37.8 Å². The van der Waals surface area contributed by atoms with Gasteiger partial charge >= 0.3 is 0 Å². The quantitative estimate of drug-likeness (QED) is 0.702. The van der Waals surface area contributed by atoms with Crippen molar-refractivity contribution in [3.05, 3.63) is 47.7 Å². The monoisotopic (exact) mass is 239 g/mol. The lowest BCUT2D eigenvalue weighted by molar-refractivity contribution is 0.0160. The lowest BCUT2D eigenvalue weighted by atomic mass is 9.81. The summed E-state index contributed by atoms with van der Waals surface area (Å²) in [7, 11) is 0. The Hall–Kier alpha value is -1.54. The molecule has 0 radical (unpaired) electrons. The highest BCUT2D eigenvalue weighted by Gasteiger charge is 2.38. The molecular formula is C16H17NO.